The summed E-state index contributed by atoms with van der Waals surface area (Å²) in [5.74, 6) is 1.47. The molecule has 3 aromatic rings. The molecule has 23 heavy (non-hydrogen) atoms. The number of nitrogens with one attached hydrogen (secondary N) is 1. The molecule has 0 fully saturated rings. The second kappa shape index (κ2) is 7.61. The van der Waals surface area contributed by atoms with E-state index in [0.29, 0.717) is 24.0 Å². The summed E-state index contributed by atoms with van der Waals surface area (Å²) in [6.07, 6.45) is 3.02. The Labute approximate surface area is 140 Å². The van der Waals surface area contributed by atoms with Crippen LogP contribution in [0.3, 0.4) is 0 Å². The molecular formula is C18H16ClN3O. The fourth-order valence-corrected chi connectivity index (χ4v) is 2.39. The molecule has 0 aliphatic heterocycles. The molecule has 1 aromatic heterocycles. The van der Waals surface area contributed by atoms with Gasteiger partial charge in [-0.3, -0.25) is 0 Å². The van der Waals surface area contributed by atoms with Gasteiger partial charge in [0.05, 0.1) is 12.7 Å². The highest BCUT2D eigenvalue weighted by molar-refractivity contribution is 6.32. The molecule has 0 radical (unpaired) electrons. The zero-order chi connectivity index (χ0) is 15.9. The molecule has 0 saturated carbocycles. The molecule has 0 spiro atoms. The van der Waals surface area contributed by atoms with Gasteiger partial charge in [0.2, 0.25) is 0 Å². The number of nitrogens with zero attached hydrogens (tertiary/aromatic N) is 2. The average molecular weight is 326 g/mol. The number of anilines is 1. The van der Waals surface area contributed by atoms with Crippen LogP contribution in [-0.2, 0) is 0 Å². The molecule has 0 aliphatic carbocycles. The molecule has 0 aliphatic rings. The Hall–Kier alpha value is -2.59. The molecule has 1 heterocycles. The number of benzene rings is 2. The summed E-state index contributed by atoms with van der Waals surface area (Å²) in [4.78, 5) is 7.93. The van der Waals surface area contributed by atoms with Crippen molar-refractivity contribution < 1.29 is 4.74 Å². The van der Waals surface area contributed by atoms with E-state index in [4.69, 9.17) is 16.3 Å². The van der Waals surface area contributed by atoms with Crippen molar-refractivity contribution in [1.29, 1.82) is 0 Å². The van der Waals surface area contributed by atoms with E-state index in [1.807, 2.05) is 36.4 Å². The Morgan fingerprint density at radius 1 is 1.00 bits per heavy atom. The quantitative estimate of drug-likeness (QED) is 0.687. The molecule has 116 valence electrons. The van der Waals surface area contributed by atoms with E-state index in [1.165, 1.54) is 6.33 Å². The number of halogens is 1. The van der Waals surface area contributed by atoms with Gasteiger partial charge in [0.25, 0.3) is 0 Å². The van der Waals surface area contributed by atoms with Gasteiger partial charge >= 0.3 is 0 Å². The maximum Gasteiger partial charge on any atom is 0.148 e. The van der Waals surface area contributed by atoms with Gasteiger partial charge in [-0.2, -0.15) is 0 Å². The second-order valence-corrected chi connectivity index (χ2v) is 5.26. The average Bonchev–Trinajstić information content (AvgIpc) is 2.61. The van der Waals surface area contributed by atoms with Crippen LogP contribution in [0.2, 0.25) is 5.02 Å². The Bertz CT molecular complexity index is 765. The van der Waals surface area contributed by atoms with Crippen LogP contribution in [0.4, 0.5) is 5.82 Å². The minimum atomic E-state index is 0.497. The van der Waals surface area contributed by atoms with Crippen molar-refractivity contribution in [3.63, 3.8) is 0 Å². The van der Waals surface area contributed by atoms with Crippen molar-refractivity contribution in [2.45, 2.75) is 0 Å². The van der Waals surface area contributed by atoms with Gasteiger partial charge < -0.3 is 10.1 Å². The Morgan fingerprint density at radius 3 is 2.61 bits per heavy atom. The van der Waals surface area contributed by atoms with Crippen molar-refractivity contribution in [2.24, 2.45) is 0 Å². The third-order valence-electron chi connectivity index (χ3n) is 3.29. The Kier molecular flexibility index (Phi) is 5.06. The van der Waals surface area contributed by atoms with Gasteiger partial charge in [-0.25, -0.2) is 9.97 Å². The number of aromatic nitrogens is 2. The van der Waals surface area contributed by atoms with Gasteiger partial charge in [0, 0.05) is 5.56 Å². The topological polar surface area (TPSA) is 47.0 Å². The molecule has 0 amide bonds. The van der Waals surface area contributed by atoms with E-state index in [1.54, 1.807) is 6.20 Å². The monoisotopic (exact) mass is 325 g/mol. The minimum Gasteiger partial charge on any atom is -0.491 e. The van der Waals surface area contributed by atoms with Crippen LogP contribution in [0.25, 0.3) is 11.1 Å². The SMILES string of the molecule is Clc1cncnc1NCCOc1ccccc1-c1ccccc1. The van der Waals surface area contributed by atoms with Crippen molar-refractivity contribution in [3.8, 4) is 16.9 Å². The number of hydrogen-bond donors (Lipinski definition) is 1. The van der Waals surface area contributed by atoms with Crippen LogP contribution in [-0.4, -0.2) is 23.1 Å². The first-order valence-corrected chi connectivity index (χ1v) is 7.69. The predicted octanol–water partition coefficient (Wildman–Crippen LogP) is 4.29. The number of rotatable bonds is 6. The lowest BCUT2D eigenvalue weighted by Crippen LogP contribution is -2.13. The Balaban J connectivity index is 1.62. The largest absolute Gasteiger partial charge is 0.491 e. The summed E-state index contributed by atoms with van der Waals surface area (Å²) in [5, 5.41) is 3.63. The van der Waals surface area contributed by atoms with Crippen molar-refractivity contribution in [3.05, 3.63) is 72.1 Å². The van der Waals surface area contributed by atoms with Crippen molar-refractivity contribution >= 4 is 17.4 Å². The highest BCUT2D eigenvalue weighted by Crippen LogP contribution is 2.29. The fourth-order valence-electron chi connectivity index (χ4n) is 2.22. The zero-order valence-corrected chi connectivity index (χ0v) is 13.2. The maximum atomic E-state index is 6.00. The molecule has 2 aromatic carbocycles. The van der Waals surface area contributed by atoms with Crippen LogP contribution in [0.5, 0.6) is 5.75 Å². The summed E-state index contributed by atoms with van der Waals surface area (Å²) in [7, 11) is 0. The third kappa shape index (κ3) is 3.99. The molecule has 0 saturated heterocycles. The molecule has 0 unspecified atom stereocenters. The van der Waals surface area contributed by atoms with E-state index in [9.17, 15) is 0 Å². The lowest BCUT2D eigenvalue weighted by Gasteiger charge is -2.12. The molecule has 0 atom stereocenters. The Morgan fingerprint density at radius 2 is 1.78 bits per heavy atom. The van der Waals surface area contributed by atoms with Crippen molar-refractivity contribution in [2.75, 3.05) is 18.5 Å². The smallest absolute Gasteiger partial charge is 0.148 e. The molecule has 3 rings (SSSR count). The van der Waals surface area contributed by atoms with Crippen LogP contribution >= 0.6 is 11.6 Å². The highest BCUT2D eigenvalue weighted by atomic mass is 35.5. The van der Waals surface area contributed by atoms with E-state index in [2.05, 4.69) is 33.5 Å². The summed E-state index contributed by atoms with van der Waals surface area (Å²) in [6, 6.07) is 18.2. The normalized spacial score (nSPS) is 10.3. The summed E-state index contributed by atoms with van der Waals surface area (Å²) >= 11 is 6.00. The van der Waals surface area contributed by atoms with E-state index < -0.39 is 0 Å². The lowest BCUT2D eigenvalue weighted by atomic mass is 10.1. The fraction of sp³-hybridized carbons (Fsp3) is 0.111. The highest BCUT2D eigenvalue weighted by Gasteiger charge is 2.05. The first-order chi connectivity index (χ1) is 11.3. The standard InChI is InChI=1S/C18H16ClN3O/c19-16-12-20-13-22-18(16)21-10-11-23-17-9-5-4-8-15(17)14-6-2-1-3-7-14/h1-9,12-13H,10-11H2,(H,20,21,22). The van der Waals surface area contributed by atoms with Crippen LogP contribution < -0.4 is 10.1 Å². The lowest BCUT2D eigenvalue weighted by molar-refractivity contribution is 0.334. The zero-order valence-electron chi connectivity index (χ0n) is 12.4. The molecule has 0 bridgehead atoms. The van der Waals surface area contributed by atoms with Gasteiger partial charge in [0.15, 0.2) is 0 Å². The van der Waals surface area contributed by atoms with E-state index in [-0.39, 0.29) is 0 Å². The van der Waals surface area contributed by atoms with E-state index >= 15 is 0 Å². The minimum absolute atomic E-state index is 0.497. The number of ether oxygens (including phenoxy) is 1. The van der Waals surface area contributed by atoms with Gasteiger partial charge in [-0.15, -0.1) is 0 Å². The summed E-state index contributed by atoms with van der Waals surface area (Å²) < 4.78 is 5.90. The molecular weight excluding hydrogens is 310 g/mol. The predicted molar refractivity (Wildman–Crippen MR) is 92.9 cm³/mol. The summed E-state index contributed by atoms with van der Waals surface area (Å²) in [5.41, 5.74) is 2.21. The van der Waals surface area contributed by atoms with Crippen LogP contribution in [0.1, 0.15) is 0 Å². The first kappa shape index (κ1) is 15.3. The van der Waals surface area contributed by atoms with Crippen LogP contribution in [0.15, 0.2) is 67.1 Å². The molecule has 5 heteroatoms. The van der Waals surface area contributed by atoms with Gasteiger partial charge in [-0.05, 0) is 11.6 Å². The van der Waals surface area contributed by atoms with Gasteiger partial charge in [-0.1, -0.05) is 60.1 Å². The number of para-hydroxylation sites is 1. The molecule has 4 nitrogen and oxygen atoms in total. The first-order valence-electron chi connectivity index (χ1n) is 7.31. The maximum absolute atomic E-state index is 6.00. The number of hydrogen-bond acceptors (Lipinski definition) is 4. The van der Waals surface area contributed by atoms with Crippen molar-refractivity contribution in [1.82, 2.24) is 9.97 Å². The molecule has 1 N–H and O–H groups in total. The second-order valence-electron chi connectivity index (χ2n) is 4.86. The summed E-state index contributed by atoms with van der Waals surface area (Å²) in [6.45, 7) is 1.10. The van der Waals surface area contributed by atoms with Gasteiger partial charge in [0.1, 0.15) is 29.5 Å². The van der Waals surface area contributed by atoms with E-state index in [0.717, 1.165) is 16.9 Å². The van der Waals surface area contributed by atoms with Crippen LogP contribution in [0, 0.1) is 0 Å². The third-order valence-corrected chi connectivity index (χ3v) is 3.57.